The molecule has 0 unspecified atom stereocenters. The van der Waals surface area contributed by atoms with Gasteiger partial charge in [0.15, 0.2) is 0 Å². The Labute approximate surface area is 288 Å². The third kappa shape index (κ3) is 28.9. The minimum absolute atomic E-state index is 0.0256. The van der Waals surface area contributed by atoms with Crippen LogP contribution in [-0.2, 0) is 43.0 Å². The highest BCUT2D eigenvalue weighted by molar-refractivity contribution is 5.87. The van der Waals surface area contributed by atoms with Crippen LogP contribution in [0.5, 0.6) is 0 Å². The van der Waals surface area contributed by atoms with Gasteiger partial charge >= 0.3 is 17.9 Å². The number of nitrogens with one attached hydrogen (secondary N) is 5. The fourth-order valence-corrected chi connectivity index (χ4v) is 4.43. The summed E-state index contributed by atoms with van der Waals surface area (Å²) in [6.45, 7) is 2.81. The number of amides is 4. The van der Waals surface area contributed by atoms with E-state index in [4.69, 9.17) is 19.7 Å². The Kier molecular flexibility index (Phi) is 27.9. The van der Waals surface area contributed by atoms with Crippen molar-refractivity contribution in [1.29, 1.82) is 0 Å². The molecule has 17 nitrogen and oxygen atoms in total. The largest absolute Gasteiger partial charge is 0.481 e. The van der Waals surface area contributed by atoms with Crippen molar-refractivity contribution in [1.82, 2.24) is 26.6 Å². The summed E-state index contributed by atoms with van der Waals surface area (Å²) in [5, 5.41) is 40.1. The topological polar surface area (TPSA) is 259 Å². The van der Waals surface area contributed by atoms with E-state index in [1.54, 1.807) is 7.05 Å². The molecule has 0 saturated heterocycles. The molecule has 0 fully saturated rings. The van der Waals surface area contributed by atoms with E-state index in [1.165, 1.54) is 0 Å². The van der Waals surface area contributed by atoms with Crippen LogP contribution in [0.3, 0.4) is 0 Å². The zero-order valence-electron chi connectivity index (χ0n) is 28.7. The van der Waals surface area contributed by atoms with Gasteiger partial charge in [0.2, 0.25) is 23.6 Å². The first-order chi connectivity index (χ1) is 23.5. The number of carbonyl (C=O) groups is 7. The van der Waals surface area contributed by atoms with Crippen molar-refractivity contribution >= 4 is 41.5 Å². The van der Waals surface area contributed by atoms with E-state index in [0.717, 1.165) is 19.3 Å². The SMILES string of the molecule is CN[C@@H](CCCCNC(=O)CC[C@H](NC(=O)CCC(=O)NCCCOCCOCCCNC(=O)CCCCCCC(=O)O)C(=O)O)C(=O)O. The number of rotatable bonds is 33. The molecule has 0 bridgehead atoms. The lowest BCUT2D eigenvalue weighted by Gasteiger charge is -2.15. The van der Waals surface area contributed by atoms with Gasteiger partial charge in [-0.1, -0.05) is 12.8 Å². The average molecular weight is 704 g/mol. The molecule has 0 aromatic rings. The van der Waals surface area contributed by atoms with Gasteiger partial charge in [-0.3, -0.25) is 28.8 Å². The van der Waals surface area contributed by atoms with Gasteiger partial charge in [0.25, 0.3) is 0 Å². The van der Waals surface area contributed by atoms with Crippen LogP contribution in [0, 0.1) is 0 Å². The normalized spacial score (nSPS) is 12.0. The molecular formula is C32H57N5O12. The molecule has 0 aliphatic carbocycles. The molecule has 0 heterocycles. The monoisotopic (exact) mass is 703 g/mol. The zero-order chi connectivity index (χ0) is 36.7. The van der Waals surface area contributed by atoms with E-state index in [0.29, 0.717) is 91.0 Å². The molecule has 0 radical (unpaired) electrons. The van der Waals surface area contributed by atoms with Crippen LogP contribution < -0.4 is 26.6 Å². The molecule has 0 aromatic carbocycles. The van der Waals surface area contributed by atoms with Gasteiger partial charge in [0.05, 0.1) is 13.2 Å². The molecule has 282 valence electrons. The molecule has 2 atom stereocenters. The molecule has 17 heteroatoms. The lowest BCUT2D eigenvalue weighted by atomic mass is 10.1. The van der Waals surface area contributed by atoms with E-state index >= 15 is 0 Å². The number of ether oxygens (including phenoxy) is 2. The molecule has 0 aromatic heterocycles. The number of likely N-dealkylation sites (N-methyl/N-ethyl adjacent to an activating group) is 1. The van der Waals surface area contributed by atoms with Crippen molar-refractivity contribution in [2.45, 2.75) is 108 Å². The Balaban J connectivity index is 3.77. The number of unbranched alkanes of at least 4 members (excludes halogenated alkanes) is 4. The van der Waals surface area contributed by atoms with Crippen LogP contribution in [0.4, 0.5) is 0 Å². The zero-order valence-corrected chi connectivity index (χ0v) is 28.7. The number of carboxylic acid groups (broad SMARTS) is 3. The second-order valence-corrected chi connectivity index (χ2v) is 11.5. The fraction of sp³-hybridized carbons (Fsp3) is 0.781. The summed E-state index contributed by atoms with van der Waals surface area (Å²) in [7, 11) is 1.56. The Morgan fingerprint density at radius 2 is 0.980 bits per heavy atom. The van der Waals surface area contributed by atoms with Crippen LogP contribution in [0.1, 0.15) is 96.3 Å². The van der Waals surface area contributed by atoms with E-state index in [-0.39, 0.29) is 49.8 Å². The van der Waals surface area contributed by atoms with E-state index in [1.807, 2.05) is 0 Å². The highest BCUT2D eigenvalue weighted by Gasteiger charge is 2.21. The molecule has 0 spiro atoms. The average Bonchev–Trinajstić information content (AvgIpc) is 3.05. The second-order valence-electron chi connectivity index (χ2n) is 11.5. The summed E-state index contributed by atoms with van der Waals surface area (Å²) in [4.78, 5) is 81.0. The van der Waals surface area contributed by atoms with Gasteiger partial charge < -0.3 is 51.4 Å². The number of hydrogen-bond acceptors (Lipinski definition) is 10. The van der Waals surface area contributed by atoms with Crippen LogP contribution in [-0.4, -0.2) is 122 Å². The van der Waals surface area contributed by atoms with Crippen molar-refractivity contribution in [2.75, 3.05) is 53.1 Å². The van der Waals surface area contributed by atoms with Crippen molar-refractivity contribution in [3.63, 3.8) is 0 Å². The smallest absolute Gasteiger partial charge is 0.326 e. The number of hydrogen-bond donors (Lipinski definition) is 8. The Morgan fingerprint density at radius 3 is 1.51 bits per heavy atom. The third-order valence-electron chi connectivity index (χ3n) is 7.25. The predicted octanol–water partition coefficient (Wildman–Crippen LogP) is 0.546. The minimum atomic E-state index is -1.29. The van der Waals surface area contributed by atoms with Crippen molar-refractivity contribution in [3.8, 4) is 0 Å². The Morgan fingerprint density at radius 1 is 0.490 bits per heavy atom. The van der Waals surface area contributed by atoms with E-state index in [2.05, 4.69) is 26.6 Å². The Bertz CT molecular complexity index is 998. The van der Waals surface area contributed by atoms with Gasteiger partial charge in [-0.25, -0.2) is 4.79 Å². The third-order valence-corrected chi connectivity index (χ3v) is 7.25. The maximum atomic E-state index is 12.2. The first-order valence-corrected chi connectivity index (χ1v) is 17.1. The first-order valence-electron chi connectivity index (χ1n) is 17.1. The van der Waals surface area contributed by atoms with Crippen molar-refractivity contribution in [2.24, 2.45) is 0 Å². The quantitative estimate of drug-likeness (QED) is 0.0435. The summed E-state index contributed by atoms with van der Waals surface area (Å²) in [5.74, 6) is -4.42. The van der Waals surface area contributed by atoms with Crippen molar-refractivity contribution in [3.05, 3.63) is 0 Å². The van der Waals surface area contributed by atoms with E-state index in [9.17, 15) is 38.7 Å². The van der Waals surface area contributed by atoms with Gasteiger partial charge in [-0.2, -0.15) is 0 Å². The van der Waals surface area contributed by atoms with Gasteiger partial charge in [-0.05, 0) is 58.4 Å². The van der Waals surface area contributed by atoms with Gasteiger partial charge in [0.1, 0.15) is 12.1 Å². The summed E-state index contributed by atoms with van der Waals surface area (Å²) in [6, 6.07) is -1.93. The molecule has 4 amide bonds. The number of carboxylic acids is 3. The minimum Gasteiger partial charge on any atom is -0.481 e. The van der Waals surface area contributed by atoms with Gasteiger partial charge in [-0.15, -0.1) is 0 Å². The summed E-state index contributed by atoms with van der Waals surface area (Å²) < 4.78 is 10.9. The molecular weight excluding hydrogens is 646 g/mol. The maximum absolute atomic E-state index is 12.2. The van der Waals surface area contributed by atoms with Crippen molar-refractivity contribution < 1.29 is 58.4 Å². The fourth-order valence-electron chi connectivity index (χ4n) is 4.43. The lowest BCUT2D eigenvalue weighted by Crippen LogP contribution is -2.42. The predicted molar refractivity (Wildman–Crippen MR) is 178 cm³/mol. The standard InChI is InChI=1S/C32H57N5O12/c1-33-24(31(44)45)10-6-7-17-34-27(39)14-13-25(32(46)47)37-29(41)16-15-28(40)36-19-9-21-49-23-22-48-20-8-18-35-26(38)11-4-2-3-5-12-30(42)43/h24-25,33H,2-23H2,1H3,(H,34,39)(H,35,38)(H,36,40)(H,37,41)(H,42,43)(H,44,45)(H,46,47)/t24-,25-/m0/s1. The van der Waals surface area contributed by atoms with Crippen LogP contribution in [0.15, 0.2) is 0 Å². The summed E-state index contributed by atoms with van der Waals surface area (Å²) in [5.41, 5.74) is 0. The second kappa shape index (κ2) is 30.2. The summed E-state index contributed by atoms with van der Waals surface area (Å²) >= 11 is 0. The molecule has 0 aliphatic rings. The number of aliphatic carboxylic acids is 3. The molecule has 0 saturated carbocycles. The van der Waals surface area contributed by atoms with Gasteiger partial charge in [0, 0.05) is 65.0 Å². The molecule has 0 rings (SSSR count). The maximum Gasteiger partial charge on any atom is 0.326 e. The highest BCUT2D eigenvalue weighted by atomic mass is 16.5. The van der Waals surface area contributed by atoms with Crippen LogP contribution in [0.25, 0.3) is 0 Å². The number of carbonyl (C=O) groups excluding carboxylic acids is 4. The highest BCUT2D eigenvalue weighted by Crippen LogP contribution is 2.06. The molecule has 0 aliphatic heterocycles. The van der Waals surface area contributed by atoms with E-state index < -0.39 is 35.9 Å². The summed E-state index contributed by atoms with van der Waals surface area (Å²) in [6.07, 6.45) is 5.78. The molecule has 8 N–H and O–H groups in total. The lowest BCUT2D eigenvalue weighted by molar-refractivity contribution is -0.142. The van der Waals surface area contributed by atoms with Crippen LogP contribution in [0.2, 0.25) is 0 Å². The Hall–Kier alpha value is -3.83. The van der Waals surface area contributed by atoms with Crippen LogP contribution >= 0.6 is 0 Å². The first kappa shape index (κ1) is 45.2. The molecule has 49 heavy (non-hydrogen) atoms.